The van der Waals surface area contributed by atoms with Gasteiger partial charge in [0.1, 0.15) is 11.4 Å². The van der Waals surface area contributed by atoms with Gasteiger partial charge < -0.3 is 9.64 Å². The van der Waals surface area contributed by atoms with E-state index in [0.717, 1.165) is 17.7 Å². The van der Waals surface area contributed by atoms with E-state index in [2.05, 4.69) is 11.7 Å². The molecule has 1 aromatic heterocycles. The van der Waals surface area contributed by atoms with E-state index in [1.54, 1.807) is 23.5 Å². The van der Waals surface area contributed by atoms with Crippen LogP contribution in [0.2, 0.25) is 0 Å². The molecule has 1 aliphatic rings. The molecule has 1 amide bonds. The summed E-state index contributed by atoms with van der Waals surface area (Å²) in [5, 5.41) is 0. The predicted octanol–water partition coefficient (Wildman–Crippen LogP) is 2.14. The first kappa shape index (κ1) is 17.7. The van der Waals surface area contributed by atoms with Crippen molar-refractivity contribution in [2.45, 2.75) is 26.4 Å². The lowest BCUT2D eigenvalue weighted by Gasteiger charge is -2.20. The van der Waals surface area contributed by atoms with E-state index in [0.29, 0.717) is 31.0 Å². The van der Waals surface area contributed by atoms with Gasteiger partial charge in [-0.05, 0) is 37.8 Å². The number of hydrogen-bond donors (Lipinski definition) is 0. The highest BCUT2D eigenvalue weighted by molar-refractivity contribution is 5.94. The number of benzene rings is 1. The SMILES string of the molecule is C=N/C=C\n1c(C)c2n(c1=O)CCCN(Cc1ccc(OC)cc1)C2=O. The molecule has 0 radical (unpaired) electrons. The van der Waals surface area contributed by atoms with E-state index in [9.17, 15) is 9.59 Å². The summed E-state index contributed by atoms with van der Waals surface area (Å²) in [4.78, 5) is 31.1. The van der Waals surface area contributed by atoms with Crippen LogP contribution in [-0.4, -0.2) is 40.3 Å². The number of amides is 1. The van der Waals surface area contributed by atoms with Crippen molar-refractivity contribution in [2.75, 3.05) is 13.7 Å². The molecule has 0 unspecified atom stereocenters. The summed E-state index contributed by atoms with van der Waals surface area (Å²) in [6, 6.07) is 7.64. The molecule has 2 aromatic rings. The molecule has 7 heteroatoms. The molecule has 0 atom stereocenters. The van der Waals surface area contributed by atoms with E-state index in [1.807, 2.05) is 24.3 Å². The molecule has 0 saturated heterocycles. The largest absolute Gasteiger partial charge is 0.497 e. The van der Waals surface area contributed by atoms with Gasteiger partial charge in [-0.2, -0.15) is 0 Å². The van der Waals surface area contributed by atoms with Gasteiger partial charge in [-0.25, -0.2) is 4.79 Å². The monoisotopic (exact) mass is 354 g/mol. The molecule has 7 nitrogen and oxygen atoms in total. The number of carbonyl (C=O) groups is 1. The molecule has 0 N–H and O–H groups in total. The summed E-state index contributed by atoms with van der Waals surface area (Å²) in [5.74, 6) is 0.645. The average Bonchev–Trinajstić information content (AvgIpc) is 2.78. The van der Waals surface area contributed by atoms with Gasteiger partial charge in [-0.3, -0.25) is 18.9 Å². The van der Waals surface area contributed by atoms with E-state index in [4.69, 9.17) is 4.74 Å². The number of ether oxygens (including phenoxy) is 1. The molecular formula is C19H22N4O3. The topological polar surface area (TPSA) is 68.8 Å². The van der Waals surface area contributed by atoms with Crippen molar-refractivity contribution in [2.24, 2.45) is 4.99 Å². The minimum absolute atomic E-state index is 0.133. The molecule has 1 aromatic carbocycles. The van der Waals surface area contributed by atoms with Crippen molar-refractivity contribution < 1.29 is 9.53 Å². The minimum atomic E-state index is -0.225. The maximum atomic E-state index is 13.1. The minimum Gasteiger partial charge on any atom is -0.497 e. The first-order valence-corrected chi connectivity index (χ1v) is 8.43. The van der Waals surface area contributed by atoms with Crippen molar-refractivity contribution in [1.82, 2.24) is 14.0 Å². The van der Waals surface area contributed by atoms with Gasteiger partial charge in [-0.15, -0.1) is 0 Å². The van der Waals surface area contributed by atoms with Crippen LogP contribution in [0.3, 0.4) is 0 Å². The molecule has 0 bridgehead atoms. The molecular weight excluding hydrogens is 332 g/mol. The Kier molecular flexibility index (Phi) is 5.06. The van der Waals surface area contributed by atoms with Crippen molar-refractivity contribution in [1.29, 1.82) is 0 Å². The standard InChI is InChI=1S/C19H22N4O3/c1-14-17-18(24)21(13-15-5-7-16(26-3)8-6-15)10-4-11-23(17)19(25)22(14)12-9-20-2/h5-9,12H,2,4,10-11,13H2,1,3H3/b12-9-. The number of carbonyl (C=O) groups excluding carboxylic acids is 1. The van der Waals surface area contributed by atoms with Crippen LogP contribution in [0.4, 0.5) is 0 Å². The number of fused-ring (bicyclic) bond motifs is 1. The summed E-state index contributed by atoms with van der Waals surface area (Å²) in [7, 11) is 1.62. The fourth-order valence-electron chi connectivity index (χ4n) is 3.22. The Hall–Kier alpha value is -3.09. The van der Waals surface area contributed by atoms with Crippen molar-refractivity contribution in [3.63, 3.8) is 0 Å². The summed E-state index contributed by atoms with van der Waals surface area (Å²) in [6.07, 6.45) is 3.70. The highest BCUT2D eigenvalue weighted by Gasteiger charge is 2.28. The fraction of sp³-hybridized carbons (Fsp3) is 0.316. The van der Waals surface area contributed by atoms with Crippen LogP contribution in [0.5, 0.6) is 5.75 Å². The summed E-state index contributed by atoms with van der Waals surface area (Å²) >= 11 is 0. The number of methoxy groups -OCH3 is 1. The summed E-state index contributed by atoms with van der Waals surface area (Å²) < 4.78 is 8.17. The van der Waals surface area contributed by atoms with Crippen molar-refractivity contribution >= 4 is 18.8 Å². The van der Waals surface area contributed by atoms with E-state index < -0.39 is 0 Å². The third-order valence-corrected chi connectivity index (χ3v) is 4.56. The molecule has 0 saturated carbocycles. The van der Waals surface area contributed by atoms with Gasteiger partial charge in [0, 0.05) is 32.0 Å². The summed E-state index contributed by atoms with van der Waals surface area (Å²) in [5.41, 5.74) is 1.84. The highest BCUT2D eigenvalue weighted by atomic mass is 16.5. The Labute approximate surface area is 151 Å². The summed E-state index contributed by atoms with van der Waals surface area (Å²) in [6.45, 7) is 6.76. The van der Waals surface area contributed by atoms with Crippen LogP contribution in [0.15, 0.2) is 40.3 Å². The predicted molar refractivity (Wildman–Crippen MR) is 101 cm³/mol. The molecule has 2 heterocycles. The van der Waals surface area contributed by atoms with Crippen molar-refractivity contribution in [3.8, 4) is 5.75 Å². The molecule has 1 aliphatic heterocycles. The third kappa shape index (κ3) is 3.20. The Morgan fingerprint density at radius 2 is 1.96 bits per heavy atom. The molecule has 3 rings (SSSR count). The first-order chi connectivity index (χ1) is 12.6. The van der Waals surface area contributed by atoms with Crippen LogP contribution in [0.25, 0.3) is 6.20 Å². The van der Waals surface area contributed by atoms with Crippen LogP contribution in [-0.2, 0) is 13.1 Å². The molecule has 0 aliphatic carbocycles. The number of rotatable bonds is 5. The smallest absolute Gasteiger partial charge is 0.333 e. The normalized spacial score (nSPS) is 14.4. The number of nitrogens with zero attached hydrogens (tertiary/aromatic N) is 4. The van der Waals surface area contributed by atoms with Gasteiger partial charge >= 0.3 is 5.69 Å². The lowest BCUT2D eigenvalue weighted by molar-refractivity contribution is 0.0745. The Morgan fingerprint density at radius 3 is 2.62 bits per heavy atom. The zero-order chi connectivity index (χ0) is 18.7. The Morgan fingerprint density at radius 1 is 1.23 bits per heavy atom. The van der Waals surface area contributed by atoms with Gasteiger partial charge in [0.25, 0.3) is 5.91 Å². The molecule has 26 heavy (non-hydrogen) atoms. The number of aromatic nitrogens is 2. The number of hydrogen-bond acceptors (Lipinski definition) is 4. The van der Waals surface area contributed by atoms with Gasteiger partial charge in [-0.1, -0.05) is 12.1 Å². The second-order valence-corrected chi connectivity index (χ2v) is 6.15. The average molecular weight is 354 g/mol. The van der Waals surface area contributed by atoms with Crippen LogP contribution < -0.4 is 10.4 Å². The first-order valence-electron chi connectivity index (χ1n) is 8.43. The fourth-order valence-corrected chi connectivity index (χ4v) is 3.22. The second kappa shape index (κ2) is 7.43. The molecule has 136 valence electrons. The van der Waals surface area contributed by atoms with Crippen LogP contribution >= 0.6 is 0 Å². The van der Waals surface area contributed by atoms with Gasteiger partial charge in [0.05, 0.1) is 12.8 Å². The quantitative estimate of drug-likeness (QED) is 0.773. The number of imidazole rings is 1. The zero-order valence-corrected chi connectivity index (χ0v) is 15.0. The van der Waals surface area contributed by atoms with E-state index >= 15 is 0 Å². The Bertz CT molecular complexity index is 906. The van der Waals surface area contributed by atoms with Crippen molar-refractivity contribution in [3.05, 3.63) is 57.9 Å². The Balaban J connectivity index is 1.93. The van der Waals surface area contributed by atoms with Gasteiger partial charge in [0.15, 0.2) is 0 Å². The highest BCUT2D eigenvalue weighted by Crippen LogP contribution is 2.19. The van der Waals surface area contributed by atoms with Crippen LogP contribution in [0, 0.1) is 6.92 Å². The van der Waals surface area contributed by atoms with E-state index in [1.165, 1.54) is 17.0 Å². The molecule has 0 fully saturated rings. The van der Waals surface area contributed by atoms with Gasteiger partial charge in [0.2, 0.25) is 0 Å². The maximum Gasteiger partial charge on any atom is 0.333 e. The zero-order valence-electron chi connectivity index (χ0n) is 15.0. The molecule has 0 spiro atoms. The lowest BCUT2D eigenvalue weighted by atomic mass is 10.2. The van der Waals surface area contributed by atoms with Crippen LogP contribution in [0.1, 0.15) is 28.2 Å². The van der Waals surface area contributed by atoms with E-state index in [-0.39, 0.29) is 11.6 Å². The number of aliphatic imine (C=N–C) groups is 1. The second-order valence-electron chi connectivity index (χ2n) is 6.15. The third-order valence-electron chi connectivity index (χ3n) is 4.56. The maximum absolute atomic E-state index is 13.1. The lowest BCUT2D eigenvalue weighted by Crippen LogP contribution is -2.31.